The van der Waals surface area contributed by atoms with E-state index >= 15 is 0 Å². The summed E-state index contributed by atoms with van der Waals surface area (Å²) in [5.41, 5.74) is 2.19. The number of hydrogen-bond acceptors (Lipinski definition) is 5. The first-order chi connectivity index (χ1) is 10.9. The maximum atomic E-state index is 11.5. The molecule has 23 heavy (non-hydrogen) atoms. The fourth-order valence-electron chi connectivity index (χ4n) is 1.83. The lowest BCUT2D eigenvalue weighted by atomic mass is 9.87. The van der Waals surface area contributed by atoms with Crippen LogP contribution in [0.15, 0.2) is 33.9 Å². The van der Waals surface area contributed by atoms with E-state index in [0.717, 1.165) is 5.56 Å². The summed E-state index contributed by atoms with van der Waals surface area (Å²) in [4.78, 5) is 11.5. The topological polar surface area (TPSA) is 68.0 Å². The lowest BCUT2D eigenvalue weighted by Crippen LogP contribution is -2.25. The van der Waals surface area contributed by atoms with Crippen LogP contribution in [-0.2, 0) is 10.2 Å². The summed E-state index contributed by atoms with van der Waals surface area (Å²) in [6, 6.07) is 8.03. The van der Waals surface area contributed by atoms with Gasteiger partial charge in [0.25, 0.3) is 5.22 Å². The molecule has 0 saturated heterocycles. The average Bonchev–Trinajstić information content (AvgIpc) is 2.99. The minimum absolute atomic E-state index is 0.0974. The Morgan fingerprint density at radius 3 is 2.61 bits per heavy atom. The first kappa shape index (κ1) is 17.1. The van der Waals surface area contributed by atoms with Crippen LogP contribution in [0.4, 0.5) is 0 Å². The predicted molar refractivity (Wildman–Crippen MR) is 91.0 cm³/mol. The van der Waals surface area contributed by atoms with Gasteiger partial charge in [-0.05, 0) is 23.1 Å². The zero-order valence-electron chi connectivity index (χ0n) is 13.4. The molecule has 2 rings (SSSR count). The lowest BCUT2D eigenvalue weighted by molar-refractivity contribution is -0.118. The fraction of sp³-hybridized carbons (Fsp3) is 0.353. The number of terminal acetylenes is 1. The van der Waals surface area contributed by atoms with Crippen LogP contribution in [0.1, 0.15) is 26.3 Å². The minimum Gasteiger partial charge on any atom is -0.411 e. The molecule has 0 atom stereocenters. The van der Waals surface area contributed by atoms with Crippen molar-refractivity contribution < 1.29 is 9.21 Å². The Balaban J connectivity index is 1.99. The van der Waals surface area contributed by atoms with E-state index in [2.05, 4.69) is 54.3 Å². The molecule has 120 valence electrons. The van der Waals surface area contributed by atoms with Crippen molar-refractivity contribution in [3.63, 3.8) is 0 Å². The standard InChI is InChI=1S/C17H19N3O2S/c1-5-10-18-14(21)11-23-16-20-19-15(22-16)12-6-8-13(9-7-12)17(2,3)4/h1,6-9H,10-11H2,2-4H3,(H,18,21). The number of carbonyl (C=O) groups excluding carboxylic acids is 1. The normalized spacial score (nSPS) is 11.0. The lowest BCUT2D eigenvalue weighted by Gasteiger charge is -2.18. The molecule has 6 heteroatoms. The summed E-state index contributed by atoms with van der Waals surface area (Å²) in [6.45, 7) is 6.70. The Bertz CT molecular complexity index is 709. The van der Waals surface area contributed by atoms with E-state index in [9.17, 15) is 4.79 Å². The molecular weight excluding hydrogens is 310 g/mol. The van der Waals surface area contributed by atoms with E-state index < -0.39 is 0 Å². The molecule has 1 amide bonds. The molecular formula is C17H19N3O2S. The van der Waals surface area contributed by atoms with Crippen molar-refractivity contribution in [3.8, 4) is 23.8 Å². The highest BCUT2D eigenvalue weighted by Crippen LogP contribution is 2.27. The van der Waals surface area contributed by atoms with Crippen molar-refractivity contribution in [1.82, 2.24) is 15.5 Å². The summed E-state index contributed by atoms with van der Waals surface area (Å²) < 4.78 is 5.57. The van der Waals surface area contributed by atoms with E-state index in [1.165, 1.54) is 17.3 Å². The van der Waals surface area contributed by atoms with Crippen LogP contribution in [0, 0.1) is 12.3 Å². The van der Waals surface area contributed by atoms with Gasteiger partial charge in [0.05, 0.1) is 12.3 Å². The number of carbonyl (C=O) groups is 1. The summed E-state index contributed by atoms with van der Waals surface area (Å²) >= 11 is 1.18. The van der Waals surface area contributed by atoms with Crippen molar-refractivity contribution in [2.75, 3.05) is 12.3 Å². The van der Waals surface area contributed by atoms with Gasteiger partial charge < -0.3 is 9.73 Å². The van der Waals surface area contributed by atoms with Gasteiger partial charge in [-0.2, -0.15) is 0 Å². The van der Waals surface area contributed by atoms with Crippen molar-refractivity contribution in [2.24, 2.45) is 0 Å². The molecule has 0 bridgehead atoms. The highest BCUT2D eigenvalue weighted by Gasteiger charge is 2.15. The second-order valence-electron chi connectivity index (χ2n) is 5.97. The van der Waals surface area contributed by atoms with E-state index in [-0.39, 0.29) is 23.6 Å². The summed E-state index contributed by atoms with van der Waals surface area (Å²) in [6.07, 6.45) is 5.08. The molecule has 2 aromatic rings. The van der Waals surface area contributed by atoms with E-state index in [1.807, 2.05) is 12.1 Å². The van der Waals surface area contributed by atoms with E-state index in [4.69, 9.17) is 10.8 Å². The summed E-state index contributed by atoms with van der Waals surface area (Å²) in [5, 5.41) is 10.9. The van der Waals surface area contributed by atoms with E-state index in [1.54, 1.807) is 0 Å². The summed E-state index contributed by atoms with van der Waals surface area (Å²) in [5.74, 6) is 2.81. The number of thioether (sulfide) groups is 1. The maximum absolute atomic E-state index is 11.5. The number of rotatable bonds is 5. The van der Waals surface area contributed by atoms with Gasteiger partial charge in [0.2, 0.25) is 11.8 Å². The van der Waals surface area contributed by atoms with Gasteiger partial charge in [-0.1, -0.05) is 50.6 Å². The SMILES string of the molecule is C#CCNC(=O)CSc1nnc(-c2ccc(C(C)(C)C)cc2)o1. The molecule has 0 aliphatic heterocycles. The first-order valence-corrected chi connectivity index (χ1v) is 8.16. The van der Waals surface area contributed by atoms with Crippen molar-refractivity contribution in [2.45, 2.75) is 31.4 Å². The van der Waals surface area contributed by atoms with Crippen LogP contribution in [0.3, 0.4) is 0 Å². The van der Waals surface area contributed by atoms with Gasteiger partial charge >= 0.3 is 0 Å². The number of hydrogen-bond donors (Lipinski definition) is 1. The molecule has 0 radical (unpaired) electrons. The molecule has 1 N–H and O–H groups in total. The highest BCUT2D eigenvalue weighted by molar-refractivity contribution is 7.99. The molecule has 1 aromatic carbocycles. The molecule has 0 aliphatic rings. The molecule has 0 aliphatic carbocycles. The smallest absolute Gasteiger partial charge is 0.277 e. The first-order valence-electron chi connectivity index (χ1n) is 7.17. The number of benzene rings is 1. The van der Waals surface area contributed by atoms with Gasteiger partial charge in [-0.15, -0.1) is 16.6 Å². The van der Waals surface area contributed by atoms with Crippen LogP contribution < -0.4 is 5.32 Å². The van der Waals surface area contributed by atoms with E-state index in [0.29, 0.717) is 11.1 Å². The Hall–Kier alpha value is -2.26. The summed E-state index contributed by atoms with van der Waals surface area (Å²) in [7, 11) is 0. The van der Waals surface area contributed by atoms with Gasteiger partial charge in [-0.25, -0.2) is 0 Å². The van der Waals surface area contributed by atoms with Crippen LogP contribution in [0.25, 0.3) is 11.5 Å². The Labute approximate surface area is 140 Å². The number of nitrogens with one attached hydrogen (secondary N) is 1. The zero-order valence-corrected chi connectivity index (χ0v) is 14.2. The van der Waals surface area contributed by atoms with Crippen LogP contribution in [0.2, 0.25) is 0 Å². The third-order valence-electron chi connectivity index (χ3n) is 3.12. The number of nitrogens with zero attached hydrogens (tertiary/aromatic N) is 2. The fourth-order valence-corrected chi connectivity index (χ4v) is 2.42. The molecule has 1 heterocycles. The predicted octanol–water partition coefficient (Wildman–Crippen LogP) is 2.88. The average molecular weight is 329 g/mol. The second kappa shape index (κ2) is 7.34. The zero-order chi connectivity index (χ0) is 16.9. The molecule has 0 unspecified atom stereocenters. The third-order valence-corrected chi connectivity index (χ3v) is 3.94. The number of aromatic nitrogens is 2. The van der Waals surface area contributed by atoms with Crippen molar-refractivity contribution >= 4 is 17.7 Å². The third kappa shape index (κ3) is 4.86. The maximum Gasteiger partial charge on any atom is 0.277 e. The number of amides is 1. The monoisotopic (exact) mass is 329 g/mol. The second-order valence-corrected chi connectivity index (χ2v) is 6.90. The van der Waals surface area contributed by atoms with Crippen LogP contribution in [-0.4, -0.2) is 28.4 Å². The van der Waals surface area contributed by atoms with Crippen LogP contribution >= 0.6 is 11.8 Å². The van der Waals surface area contributed by atoms with Gasteiger partial charge in [0, 0.05) is 5.56 Å². The quantitative estimate of drug-likeness (QED) is 0.675. The van der Waals surface area contributed by atoms with Crippen LogP contribution in [0.5, 0.6) is 0 Å². The molecule has 5 nitrogen and oxygen atoms in total. The van der Waals surface area contributed by atoms with Crippen molar-refractivity contribution in [1.29, 1.82) is 0 Å². The molecule has 0 saturated carbocycles. The van der Waals surface area contributed by atoms with Gasteiger partial charge in [0.15, 0.2) is 0 Å². The van der Waals surface area contributed by atoms with Crippen molar-refractivity contribution in [3.05, 3.63) is 29.8 Å². The minimum atomic E-state index is -0.165. The molecule has 0 spiro atoms. The Morgan fingerprint density at radius 2 is 2.00 bits per heavy atom. The largest absolute Gasteiger partial charge is 0.411 e. The highest BCUT2D eigenvalue weighted by atomic mass is 32.2. The Kier molecular flexibility index (Phi) is 5.45. The van der Waals surface area contributed by atoms with Gasteiger partial charge in [0.1, 0.15) is 0 Å². The molecule has 0 fully saturated rings. The molecule has 1 aromatic heterocycles. The van der Waals surface area contributed by atoms with Gasteiger partial charge in [-0.3, -0.25) is 4.79 Å². The Morgan fingerprint density at radius 1 is 1.30 bits per heavy atom.